The van der Waals surface area contributed by atoms with Crippen LogP contribution in [0.3, 0.4) is 0 Å². The van der Waals surface area contributed by atoms with Gasteiger partial charge in [0.15, 0.2) is 0 Å². The molecule has 1 nitrogen and oxygen atoms in total. The molecule has 1 heteroatoms. The van der Waals surface area contributed by atoms with E-state index in [4.69, 9.17) is 0 Å². The Bertz CT molecular complexity index is 120. The first-order chi connectivity index (χ1) is 6.61. The SMILES string of the molecule is CCC(CCCCC(C)NC)C(C)C. The maximum Gasteiger partial charge on any atom is 0.00357 e. The van der Waals surface area contributed by atoms with Gasteiger partial charge in [0.2, 0.25) is 0 Å². The second kappa shape index (κ2) is 8.28. The molecule has 0 amide bonds. The molecule has 0 aromatic rings. The van der Waals surface area contributed by atoms with Gasteiger partial charge >= 0.3 is 0 Å². The molecule has 0 heterocycles. The summed E-state index contributed by atoms with van der Waals surface area (Å²) in [6.07, 6.45) is 6.88. The van der Waals surface area contributed by atoms with Gasteiger partial charge < -0.3 is 5.32 Å². The summed E-state index contributed by atoms with van der Waals surface area (Å²) < 4.78 is 0. The van der Waals surface area contributed by atoms with Crippen LogP contribution in [0.4, 0.5) is 0 Å². The molecular formula is C13H29N. The Balaban J connectivity index is 3.42. The van der Waals surface area contributed by atoms with Gasteiger partial charge in [-0.05, 0) is 32.2 Å². The van der Waals surface area contributed by atoms with E-state index in [1.165, 1.54) is 32.1 Å². The van der Waals surface area contributed by atoms with Crippen LogP contribution in [0.1, 0.15) is 59.8 Å². The van der Waals surface area contributed by atoms with E-state index >= 15 is 0 Å². The molecule has 0 saturated heterocycles. The molecule has 0 fully saturated rings. The highest BCUT2D eigenvalue weighted by atomic mass is 14.8. The van der Waals surface area contributed by atoms with Crippen LogP contribution in [-0.2, 0) is 0 Å². The van der Waals surface area contributed by atoms with Gasteiger partial charge in [-0.1, -0.05) is 46.5 Å². The summed E-state index contributed by atoms with van der Waals surface area (Å²) in [7, 11) is 2.05. The fourth-order valence-corrected chi connectivity index (χ4v) is 2.01. The summed E-state index contributed by atoms with van der Waals surface area (Å²) in [6.45, 7) is 9.29. The molecule has 0 aliphatic carbocycles. The van der Waals surface area contributed by atoms with Crippen molar-refractivity contribution in [2.75, 3.05) is 7.05 Å². The average molecular weight is 199 g/mol. The van der Waals surface area contributed by atoms with Gasteiger partial charge in [-0.2, -0.15) is 0 Å². The zero-order valence-electron chi connectivity index (χ0n) is 10.8. The lowest BCUT2D eigenvalue weighted by atomic mass is 9.88. The minimum atomic E-state index is 0.689. The lowest BCUT2D eigenvalue weighted by molar-refractivity contribution is 0.333. The minimum absolute atomic E-state index is 0.689. The van der Waals surface area contributed by atoms with Crippen molar-refractivity contribution >= 4 is 0 Å². The van der Waals surface area contributed by atoms with E-state index in [-0.39, 0.29) is 0 Å². The molecule has 1 N–H and O–H groups in total. The van der Waals surface area contributed by atoms with Gasteiger partial charge in [-0.25, -0.2) is 0 Å². The third kappa shape index (κ3) is 6.42. The van der Waals surface area contributed by atoms with Crippen molar-refractivity contribution in [1.29, 1.82) is 0 Å². The first kappa shape index (κ1) is 14.0. The Morgan fingerprint density at radius 3 is 2.00 bits per heavy atom. The van der Waals surface area contributed by atoms with Crippen LogP contribution in [0.2, 0.25) is 0 Å². The molecule has 2 unspecified atom stereocenters. The first-order valence-electron chi connectivity index (χ1n) is 6.29. The van der Waals surface area contributed by atoms with Crippen LogP contribution >= 0.6 is 0 Å². The number of unbranched alkanes of at least 4 members (excludes halogenated alkanes) is 1. The smallest absolute Gasteiger partial charge is 0.00357 e. The number of nitrogens with one attached hydrogen (secondary N) is 1. The normalized spacial score (nSPS) is 15.9. The van der Waals surface area contributed by atoms with Crippen LogP contribution in [0.25, 0.3) is 0 Å². The Kier molecular flexibility index (Phi) is 8.26. The van der Waals surface area contributed by atoms with Crippen molar-refractivity contribution in [2.24, 2.45) is 11.8 Å². The molecule has 2 atom stereocenters. The van der Waals surface area contributed by atoms with Crippen LogP contribution in [0.5, 0.6) is 0 Å². The summed E-state index contributed by atoms with van der Waals surface area (Å²) in [4.78, 5) is 0. The van der Waals surface area contributed by atoms with Gasteiger partial charge in [0.05, 0.1) is 0 Å². The molecule has 14 heavy (non-hydrogen) atoms. The Labute approximate surface area is 90.7 Å². The third-order valence-corrected chi connectivity index (χ3v) is 3.42. The van der Waals surface area contributed by atoms with Gasteiger partial charge in [-0.3, -0.25) is 0 Å². The third-order valence-electron chi connectivity index (χ3n) is 3.42. The molecule has 0 aromatic heterocycles. The molecular weight excluding hydrogens is 170 g/mol. The maximum atomic E-state index is 3.29. The maximum absolute atomic E-state index is 3.29. The zero-order chi connectivity index (χ0) is 11.0. The monoisotopic (exact) mass is 199 g/mol. The number of rotatable bonds is 8. The van der Waals surface area contributed by atoms with Crippen molar-refractivity contribution < 1.29 is 0 Å². The largest absolute Gasteiger partial charge is 0.317 e. The summed E-state index contributed by atoms with van der Waals surface area (Å²) >= 11 is 0. The fourth-order valence-electron chi connectivity index (χ4n) is 2.01. The molecule has 0 bridgehead atoms. The fraction of sp³-hybridized carbons (Fsp3) is 1.00. The van der Waals surface area contributed by atoms with Crippen LogP contribution < -0.4 is 5.32 Å². The summed E-state index contributed by atoms with van der Waals surface area (Å²) in [5, 5.41) is 3.29. The lowest BCUT2D eigenvalue weighted by Gasteiger charge is -2.19. The molecule has 86 valence electrons. The highest BCUT2D eigenvalue weighted by Gasteiger charge is 2.10. The molecule has 0 aliphatic heterocycles. The van der Waals surface area contributed by atoms with E-state index in [1.807, 2.05) is 7.05 Å². The minimum Gasteiger partial charge on any atom is -0.317 e. The molecule has 0 aliphatic rings. The lowest BCUT2D eigenvalue weighted by Crippen LogP contribution is -2.20. The van der Waals surface area contributed by atoms with Crippen molar-refractivity contribution in [2.45, 2.75) is 65.8 Å². The van der Waals surface area contributed by atoms with E-state index < -0.39 is 0 Å². The van der Waals surface area contributed by atoms with Crippen molar-refractivity contribution in [1.82, 2.24) is 5.32 Å². The van der Waals surface area contributed by atoms with Crippen molar-refractivity contribution in [3.63, 3.8) is 0 Å². The summed E-state index contributed by atoms with van der Waals surface area (Å²) in [5.74, 6) is 1.81. The standard InChI is InChI=1S/C13H29N/c1-6-13(11(2)3)10-8-7-9-12(4)14-5/h11-14H,6-10H2,1-5H3. The van der Waals surface area contributed by atoms with Gasteiger partial charge in [0, 0.05) is 6.04 Å². The zero-order valence-corrected chi connectivity index (χ0v) is 10.8. The molecule has 0 saturated carbocycles. The highest BCUT2D eigenvalue weighted by Crippen LogP contribution is 2.21. The van der Waals surface area contributed by atoms with Gasteiger partial charge in [0.1, 0.15) is 0 Å². The summed E-state index contributed by atoms with van der Waals surface area (Å²) in [6, 6.07) is 0.689. The Morgan fingerprint density at radius 2 is 1.57 bits per heavy atom. The number of hydrogen-bond donors (Lipinski definition) is 1. The predicted octanol–water partition coefficient (Wildman–Crippen LogP) is 3.84. The van der Waals surface area contributed by atoms with E-state index in [1.54, 1.807) is 0 Å². The van der Waals surface area contributed by atoms with Crippen molar-refractivity contribution in [3.05, 3.63) is 0 Å². The van der Waals surface area contributed by atoms with Gasteiger partial charge in [-0.15, -0.1) is 0 Å². The molecule has 0 aromatic carbocycles. The van der Waals surface area contributed by atoms with E-state index in [2.05, 4.69) is 33.0 Å². The second-order valence-electron chi connectivity index (χ2n) is 4.89. The van der Waals surface area contributed by atoms with Crippen LogP contribution in [0, 0.1) is 11.8 Å². The van der Waals surface area contributed by atoms with E-state index in [9.17, 15) is 0 Å². The molecule has 0 radical (unpaired) electrons. The molecule has 0 spiro atoms. The highest BCUT2D eigenvalue weighted by molar-refractivity contribution is 4.63. The van der Waals surface area contributed by atoms with Crippen molar-refractivity contribution in [3.8, 4) is 0 Å². The number of hydrogen-bond acceptors (Lipinski definition) is 1. The van der Waals surface area contributed by atoms with E-state index in [0.717, 1.165) is 11.8 Å². The van der Waals surface area contributed by atoms with Gasteiger partial charge in [0.25, 0.3) is 0 Å². The second-order valence-corrected chi connectivity index (χ2v) is 4.89. The Morgan fingerprint density at radius 1 is 1.00 bits per heavy atom. The topological polar surface area (TPSA) is 12.0 Å². The predicted molar refractivity (Wildman–Crippen MR) is 65.6 cm³/mol. The first-order valence-corrected chi connectivity index (χ1v) is 6.29. The van der Waals surface area contributed by atoms with E-state index in [0.29, 0.717) is 6.04 Å². The van der Waals surface area contributed by atoms with Crippen LogP contribution in [0.15, 0.2) is 0 Å². The summed E-state index contributed by atoms with van der Waals surface area (Å²) in [5.41, 5.74) is 0. The quantitative estimate of drug-likeness (QED) is 0.586. The van der Waals surface area contributed by atoms with Crippen LogP contribution in [-0.4, -0.2) is 13.1 Å². The molecule has 0 rings (SSSR count). The average Bonchev–Trinajstić information content (AvgIpc) is 2.16. The Hall–Kier alpha value is -0.0400.